The molecule has 7 heteroatoms. The van der Waals surface area contributed by atoms with Crippen LogP contribution < -0.4 is 0 Å². The van der Waals surface area contributed by atoms with Gasteiger partial charge in [0.1, 0.15) is 23.3 Å². The molecule has 0 spiro atoms. The summed E-state index contributed by atoms with van der Waals surface area (Å²) in [6.45, 7) is 1.83. The zero-order valence-corrected chi connectivity index (χ0v) is 16.0. The molecule has 0 aliphatic carbocycles. The summed E-state index contributed by atoms with van der Waals surface area (Å²) in [7, 11) is 0. The van der Waals surface area contributed by atoms with E-state index in [1.807, 2.05) is 6.92 Å². The lowest BCUT2D eigenvalue weighted by Crippen LogP contribution is -1.98. The predicted molar refractivity (Wildman–Crippen MR) is 104 cm³/mol. The van der Waals surface area contributed by atoms with E-state index in [1.165, 1.54) is 12.1 Å². The Bertz CT molecular complexity index is 1320. The Balaban J connectivity index is 1.88. The minimum Gasteiger partial charge on any atom is -0.206 e. The van der Waals surface area contributed by atoms with Crippen LogP contribution in [0.4, 0.5) is 30.7 Å². The van der Waals surface area contributed by atoms with Gasteiger partial charge < -0.3 is 0 Å². The highest BCUT2D eigenvalue weighted by atomic mass is 19.2. The quantitative estimate of drug-likeness (QED) is 0.229. The summed E-state index contributed by atoms with van der Waals surface area (Å²) >= 11 is 0. The van der Waals surface area contributed by atoms with E-state index in [9.17, 15) is 30.7 Å². The van der Waals surface area contributed by atoms with E-state index >= 15 is 0 Å². The number of rotatable bonds is 3. The lowest BCUT2D eigenvalue weighted by molar-refractivity contribution is 0.451. The highest BCUT2D eigenvalue weighted by molar-refractivity contribution is 5.89. The SMILES string of the molecule is CCc1ccc(-c2cc(F)c(-c3cc(F)c4c(F)c(F)c(F)cc4c3)c(F)c2)c(F)c1. The summed E-state index contributed by atoms with van der Waals surface area (Å²) < 4.78 is 99.3. The van der Waals surface area contributed by atoms with Gasteiger partial charge in [-0.05, 0) is 64.9 Å². The van der Waals surface area contributed by atoms with Crippen LogP contribution in [0.3, 0.4) is 0 Å². The molecule has 0 unspecified atom stereocenters. The largest absolute Gasteiger partial charge is 0.206 e. The van der Waals surface area contributed by atoms with E-state index < -0.39 is 57.1 Å². The lowest BCUT2D eigenvalue weighted by Gasteiger charge is -2.12. The van der Waals surface area contributed by atoms with Gasteiger partial charge in [-0.2, -0.15) is 0 Å². The predicted octanol–water partition coefficient (Wildman–Crippen LogP) is 7.71. The van der Waals surface area contributed by atoms with Gasteiger partial charge in [0.25, 0.3) is 0 Å². The molecule has 0 aromatic heterocycles. The molecule has 0 saturated heterocycles. The van der Waals surface area contributed by atoms with Gasteiger partial charge >= 0.3 is 0 Å². The molecule has 0 fully saturated rings. The van der Waals surface area contributed by atoms with Crippen molar-refractivity contribution in [3.05, 3.63) is 94.8 Å². The van der Waals surface area contributed by atoms with Crippen LogP contribution in [0.1, 0.15) is 12.5 Å². The van der Waals surface area contributed by atoms with Crippen LogP contribution in [-0.2, 0) is 6.42 Å². The van der Waals surface area contributed by atoms with E-state index in [0.717, 1.165) is 18.2 Å². The molecule has 0 atom stereocenters. The molecule has 0 amide bonds. The minimum atomic E-state index is -1.85. The highest BCUT2D eigenvalue weighted by Gasteiger charge is 2.21. The Labute approximate surface area is 172 Å². The molecule has 0 N–H and O–H groups in total. The van der Waals surface area contributed by atoms with Crippen molar-refractivity contribution in [3.8, 4) is 22.3 Å². The monoisotopic (exact) mass is 434 g/mol. The molecular weight excluding hydrogens is 421 g/mol. The van der Waals surface area contributed by atoms with Gasteiger partial charge in [-0.3, -0.25) is 0 Å². The lowest BCUT2D eigenvalue weighted by atomic mass is 9.95. The van der Waals surface area contributed by atoms with E-state index in [4.69, 9.17) is 0 Å². The third-order valence-corrected chi connectivity index (χ3v) is 5.11. The van der Waals surface area contributed by atoms with Crippen LogP contribution in [-0.4, -0.2) is 0 Å². The Kier molecular flexibility index (Phi) is 5.21. The maximum Gasteiger partial charge on any atom is 0.195 e. The first-order valence-electron chi connectivity index (χ1n) is 9.26. The topological polar surface area (TPSA) is 0 Å². The normalized spacial score (nSPS) is 11.4. The fraction of sp³-hybridized carbons (Fsp3) is 0.0833. The van der Waals surface area contributed by atoms with E-state index in [2.05, 4.69) is 0 Å². The van der Waals surface area contributed by atoms with Gasteiger partial charge in [0.05, 0.1) is 10.9 Å². The van der Waals surface area contributed by atoms with Crippen molar-refractivity contribution in [2.45, 2.75) is 13.3 Å². The third-order valence-electron chi connectivity index (χ3n) is 5.11. The summed E-state index contributed by atoms with van der Waals surface area (Å²) in [5, 5.41) is -1.24. The van der Waals surface area contributed by atoms with Crippen molar-refractivity contribution in [3.63, 3.8) is 0 Å². The fourth-order valence-corrected chi connectivity index (χ4v) is 3.55. The summed E-state index contributed by atoms with van der Waals surface area (Å²) in [4.78, 5) is 0. The summed E-state index contributed by atoms with van der Waals surface area (Å²) in [6, 6.07) is 8.17. The van der Waals surface area contributed by atoms with Crippen LogP contribution in [0.25, 0.3) is 33.0 Å². The van der Waals surface area contributed by atoms with Crippen LogP contribution in [0.5, 0.6) is 0 Å². The minimum absolute atomic E-state index is 0.0224. The second-order valence-electron chi connectivity index (χ2n) is 7.03. The standard InChI is InChI=1S/C24H13F7/c1-2-11-3-4-15(16(25)5-11)12-7-17(26)21(18(27)8-12)13-6-14-10-20(29)23(30)24(31)22(14)19(28)9-13/h3-10H,2H2,1H3. The van der Waals surface area contributed by atoms with Crippen molar-refractivity contribution in [2.24, 2.45) is 0 Å². The van der Waals surface area contributed by atoms with Gasteiger partial charge in [0.15, 0.2) is 17.5 Å². The fourth-order valence-electron chi connectivity index (χ4n) is 3.55. The van der Waals surface area contributed by atoms with Gasteiger partial charge in [-0.15, -0.1) is 0 Å². The second-order valence-corrected chi connectivity index (χ2v) is 7.03. The average molecular weight is 434 g/mol. The number of fused-ring (bicyclic) bond motifs is 1. The molecule has 31 heavy (non-hydrogen) atoms. The maximum absolute atomic E-state index is 14.8. The zero-order valence-electron chi connectivity index (χ0n) is 16.0. The Hall–Kier alpha value is -3.35. The van der Waals surface area contributed by atoms with Crippen molar-refractivity contribution < 1.29 is 30.7 Å². The number of aryl methyl sites for hydroxylation is 1. The average Bonchev–Trinajstić information content (AvgIpc) is 2.71. The molecule has 0 aliphatic heterocycles. The molecule has 4 aromatic carbocycles. The van der Waals surface area contributed by atoms with Gasteiger partial charge in [-0.1, -0.05) is 19.1 Å². The molecule has 158 valence electrons. The number of halogens is 7. The Morgan fingerprint density at radius 2 is 1.23 bits per heavy atom. The van der Waals surface area contributed by atoms with Crippen LogP contribution in [0.15, 0.2) is 48.5 Å². The van der Waals surface area contributed by atoms with Crippen molar-refractivity contribution in [1.82, 2.24) is 0 Å². The highest BCUT2D eigenvalue weighted by Crippen LogP contribution is 2.36. The summed E-state index contributed by atoms with van der Waals surface area (Å²) in [5.41, 5.74) is -0.398. The molecule has 4 rings (SSSR count). The molecule has 0 nitrogen and oxygen atoms in total. The summed E-state index contributed by atoms with van der Waals surface area (Å²) in [5.74, 6) is -9.38. The first-order valence-corrected chi connectivity index (χ1v) is 9.26. The van der Waals surface area contributed by atoms with Crippen molar-refractivity contribution in [2.75, 3.05) is 0 Å². The van der Waals surface area contributed by atoms with E-state index in [1.54, 1.807) is 6.07 Å². The molecule has 0 saturated carbocycles. The number of benzene rings is 4. The third kappa shape index (κ3) is 3.54. The number of hydrogen-bond donors (Lipinski definition) is 0. The zero-order chi connectivity index (χ0) is 22.4. The molecule has 0 aliphatic rings. The Morgan fingerprint density at radius 3 is 1.84 bits per heavy atom. The first-order chi connectivity index (χ1) is 14.7. The molecular formula is C24H13F7. The van der Waals surface area contributed by atoms with Crippen LogP contribution in [0.2, 0.25) is 0 Å². The second kappa shape index (κ2) is 7.72. The smallest absolute Gasteiger partial charge is 0.195 e. The first kappa shape index (κ1) is 20.9. The van der Waals surface area contributed by atoms with Gasteiger partial charge in [0.2, 0.25) is 0 Å². The molecule has 0 bridgehead atoms. The molecule has 4 aromatic rings. The summed E-state index contributed by atoms with van der Waals surface area (Å²) in [6.07, 6.45) is 0.581. The molecule has 0 heterocycles. The Morgan fingerprint density at radius 1 is 0.581 bits per heavy atom. The maximum atomic E-state index is 14.8. The van der Waals surface area contributed by atoms with Crippen LogP contribution in [0, 0.1) is 40.7 Å². The number of hydrogen-bond acceptors (Lipinski definition) is 0. The van der Waals surface area contributed by atoms with Crippen molar-refractivity contribution >= 4 is 10.8 Å². The van der Waals surface area contributed by atoms with Gasteiger partial charge in [-0.25, -0.2) is 30.7 Å². The van der Waals surface area contributed by atoms with Gasteiger partial charge in [0, 0.05) is 5.56 Å². The van der Waals surface area contributed by atoms with E-state index in [0.29, 0.717) is 24.1 Å². The molecule has 0 radical (unpaired) electrons. The van der Waals surface area contributed by atoms with E-state index in [-0.39, 0.29) is 16.7 Å². The van der Waals surface area contributed by atoms with Crippen LogP contribution >= 0.6 is 0 Å². The van der Waals surface area contributed by atoms with Crippen molar-refractivity contribution in [1.29, 1.82) is 0 Å².